The Morgan fingerprint density at radius 1 is 0.850 bits per heavy atom. The predicted molar refractivity (Wildman–Crippen MR) is 95.0 cm³/mol. The minimum absolute atomic E-state index is 0.670. The lowest BCUT2D eigenvalue weighted by Gasteiger charge is -2.38. The van der Waals surface area contributed by atoms with Gasteiger partial charge in [0.2, 0.25) is 0 Å². The molecule has 0 aromatic heterocycles. The largest absolute Gasteiger partial charge is 0.328 e. The Balaban J connectivity index is 2.91. The minimum Gasteiger partial charge on any atom is -0.328 e. The van der Waals surface area contributed by atoms with E-state index in [-0.39, 0.29) is 0 Å². The highest BCUT2D eigenvalue weighted by molar-refractivity contribution is 6.82. The summed E-state index contributed by atoms with van der Waals surface area (Å²) in [5.74, 6) is 0. The van der Waals surface area contributed by atoms with Crippen molar-refractivity contribution in [3.8, 4) is 0 Å². The van der Waals surface area contributed by atoms with Gasteiger partial charge in [0.15, 0.2) is 8.24 Å². The number of rotatable bonds is 6. The van der Waals surface area contributed by atoms with Crippen molar-refractivity contribution in [3.63, 3.8) is 0 Å². The van der Waals surface area contributed by atoms with Crippen molar-refractivity contribution < 1.29 is 0 Å². The van der Waals surface area contributed by atoms with Crippen molar-refractivity contribution in [2.45, 2.75) is 58.2 Å². The smallest absolute Gasteiger partial charge is 0.188 e. The summed E-state index contributed by atoms with van der Waals surface area (Å²) >= 11 is 0. The first-order valence-corrected chi connectivity index (χ1v) is 9.86. The zero-order chi connectivity index (χ0) is 15.2. The van der Waals surface area contributed by atoms with Crippen LogP contribution >= 0.6 is 0 Å². The third-order valence-electron chi connectivity index (χ3n) is 4.25. The van der Waals surface area contributed by atoms with Crippen LogP contribution in [0.3, 0.4) is 0 Å². The van der Waals surface area contributed by atoms with Gasteiger partial charge in [-0.1, -0.05) is 78.0 Å². The molecule has 0 bridgehead atoms. The van der Waals surface area contributed by atoms with Crippen LogP contribution in [0.15, 0.2) is 41.1 Å². The van der Waals surface area contributed by atoms with Gasteiger partial charge in [-0.25, -0.2) is 0 Å². The van der Waals surface area contributed by atoms with Crippen LogP contribution in [0.5, 0.6) is 0 Å². The van der Waals surface area contributed by atoms with Crippen LogP contribution in [0, 0.1) is 0 Å². The van der Waals surface area contributed by atoms with Crippen molar-refractivity contribution >= 4 is 20.5 Å². The molecule has 20 heavy (non-hydrogen) atoms. The van der Waals surface area contributed by atoms with E-state index in [0.717, 1.165) is 0 Å². The highest BCUT2D eigenvalue weighted by Crippen LogP contribution is 2.42. The molecule has 1 rings (SSSR count). The number of benzene rings is 1. The molecule has 0 saturated carbocycles. The standard InChI is InChI=1S/C18H29NSi/c1-15(2)20(16(3)4,17(5)6)19-14-10-13-18-11-8-7-9-12-18/h7-17H,1-6H3/b13-10+,19-14+. The van der Waals surface area contributed by atoms with Crippen LogP contribution in [0.25, 0.3) is 6.08 Å². The number of hydrogen-bond acceptors (Lipinski definition) is 1. The molecule has 1 aromatic rings. The van der Waals surface area contributed by atoms with Crippen LogP contribution in [-0.4, -0.2) is 14.5 Å². The van der Waals surface area contributed by atoms with Crippen LogP contribution in [0.2, 0.25) is 16.6 Å². The second kappa shape index (κ2) is 7.58. The van der Waals surface area contributed by atoms with Gasteiger partial charge in [0.05, 0.1) is 0 Å². The van der Waals surface area contributed by atoms with Gasteiger partial charge in [0.25, 0.3) is 0 Å². The first-order valence-electron chi connectivity index (χ1n) is 7.68. The molecule has 0 spiro atoms. The molecule has 0 amide bonds. The molecule has 0 aliphatic carbocycles. The Labute approximate surface area is 125 Å². The summed E-state index contributed by atoms with van der Waals surface area (Å²) < 4.78 is 5.10. The summed E-state index contributed by atoms with van der Waals surface area (Å²) in [6.07, 6.45) is 6.26. The van der Waals surface area contributed by atoms with E-state index in [4.69, 9.17) is 4.66 Å². The number of hydrogen-bond donors (Lipinski definition) is 0. The Hall–Kier alpha value is -1.15. The first kappa shape index (κ1) is 16.9. The first-order chi connectivity index (χ1) is 9.41. The summed E-state index contributed by atoms with van der Waals surface area (Å²) in [7, 11) is -1.65. The molecule has 0 radical (unpaired) electrons. The van der Waals surface area contributed by atoms with Gasteiger partial charge >= 0.3 is 0 Å². The lowest BCUT2D eigenvalue weighted by Crippen LogP contribution is -2.42. The highest BCUT2D eigenvalue weighted by atomic mass is 28.3. The summed E-state index contributed by atoms with van der Waals surface area (Å²) in [6.45, 7) is 14.0. The van der Waals surface area contributed by atoms with E-state index in [1.54, 1.807) is 0 Å². The van der Waals surface area contributed by atoms with Crippen LogP contribution in [0.1, 0.15) is 47.1 Å². The Kier molecular flexibility index (Phi) is 6.41. The fraction of sp³-hybridized carbons (Fsp3) is 0.500. The topological polar surface area (TPSA) is 12.4 Å². The maximum Gasteiger partial charge on any atom is 0.188 e. The van der Waals surface area contributed by atoms with Crippen LogP contribution in [-0.2, 0) is 0 Å². The van der Waals surface area contributed by atoms with Crippen molar-refractivity contribution in [2.75, 3.05) is 0 Å². The van der Waals surface area contributed by atoms with Crippen molar-refractivity contribution in [2.24, 2.45) is 4.66 Å². The average molecular weight is 288 g/mol. The second-order valence-electron chi connectivity index (χ2n) is 6.40. The molecule has 0 aliphatic rings. The van der Waals surface area contributed by atoms with Crippen molar-refractivity contribution in [1.82, 2.24) is 0 Å². The SMILES string of the molecule is CC(C)[Si](/N=C/C=C/c1ccccc1)(C(C)C)C(C)C. The quantitative estimate of drug-likeness (QED) is 0.453. The van der Waals surface area contributed by atoms with Gasteiger partial charge in [-0.3, -0.25) is 0 Å². The molecule has 0 unspecified atom stereocenters. The molecule has 2 heteroatoms. The zero-order valence-corrected chi connectivity index (χ0v) is 14.8. The number of allylic oxidation sites excluding steroid dienone is 1. The third kappa shape index (κ3) is 3.92. The number of nitrogens with zero attached hydrogens (tertiary/aromatic N) is 1. The monoisotopic (exact) mass is 287 g/mol. The summed E-state index contributed by atoms with van der Waals surface area (Å²) in [5, 5.41) is 0. The fourth-order valence-corrected chi connectivity index (χ4v) is 8.58. The van der Waals surface area contributed by atoms with E-state index in [1.165, 1.54) is 5.56 Å². The molecule has 110 valence electrons. The van der Waals surface area contributed by atoms with E-state index in [9.17, 15) is 0 Å². The Morgan fingerprint density at radius 3 is 1.80 bits per heavy atom. The van der Waals surface area contributed by atoms with Gasteiger partial charge in [0.1, 0.15) is 0 Å². The predicted octanol–water partition coefficient (Wildman–Crippen LogP) is 5.95. The van der Waals surface area contributed by atoms with E-state index in [2.05, 4.69) is 78.0 Å². The highest BCUT2D eigenvalue weighted by Gasteiger charge is 2.42. The molecule has 0 saturated heterocycles. The zero-order valence-electron chi connectivity index (χ0n) is 13.8. The molecule has 1 nitrogen and oxygen atoms in total. The maximum atomic E-state index is 5.10. The maximum absolute atomic E-state index is 5.10. The lowest BCUT2D eigenvalue weighted by molar-refractivity contribution is 0.811. The molecule has 0 atom stereocenters. The van der Waals surface area contributed by atoms with Crippen LogP contribution < -0.4 is 0 Å². The summed E-state index contributed by atoms with van der Waals surface area (Å²) in [5.41, 5.74) is 3.24. The van der Waals surface area contributed by atoms with Gasteiger partial charge in [0, 0.05) is 6.21 Å². The second-order valence-corrected chi connectivity index (χ2v) is 11.9. The minimum atomic E-state index is -1.65. The molecule has 0 aliphatic heterocycles. The van der Waals surface area contributed by atoms with E-state index in [1.807, 2.05) is 12.3 Å². The Bertz CT molecular complexity index is 422. The summed E-state index contributed by atoms with van der Waals surface area (Å²) in [4.78, 5) is 0. The molecule has 1 aromatic carbocycles. The molecular formula is C18H29NSi. The lowest BCUT2D eigenvalue weighted by atomic mass is 10.2. The normalized spacial score (nSPS) is 13.4. The third-order valence-corrected chi connectivity index (χ3v) is 10.4. The van der Waals surface area contributed by atoms with E-state index < -0.39 is 8.24 Å². The molecular weight excluding hydrogens is 258 g/mol. The van der Waals surface area contributed by atoms with E-state index in [0.29, 0.717) is 16.6 Å². The van der Waals surface area contributed by atoms with Crippen LogP contribution in [0.4, 0.5) is 0 Å². The molecule has 0 heterocycles. The molecule has 0 N–H and O–H groups in total. The van der Waals surface area contributed by atoms with Crippen molar-refractivity contribution in [1.29, 1.82) is 0 Å². The Morgan fingerprint density at radius 2 is 1.35 bits per heavy atom. The average Bonchev–Trinajstić information content (AvgIpc) is 2.38. The van der Waals surface area contributed by atoms with Gasteiger partial charge in [-0.2, -0.15) is 0 Å². The van der Waals surface area contributed by atoms with Gasteiger partial charge in [-0.15, -0.1) is 0 Å². The van der Waals surface area contributed by atoms with Gasteiger partial charge in [-0.05, 0) is 28.3 Å². The van der Waals surface area contributed by atoms with Gasteiger partial charge < -0.3 is 4.66 Å². The van der Waals surface area contributed by atoms with E-state index >= 15 is 0 Å². The fourth-order valence-electron chi connectivity index (χ4n) is 3.34. The summed E-state index contributed by atoms with van der Waals surface area (Å²) in [6, 6.07) is 10.4. The van der Waals surface area contributed by atoms with Crippen molar-refractivity contribution in [3.05, 3.63) is 42.0 Å². The molecule has 0 fully saturated rings.